The largest absolute Gasteiger partial charge is 0.505 e. The lowest BCUT2D eigenvalue weighted by atomic mass is 10.1. The maximum Gasteiger partial charge on any atom is 0.296 e. The third-order valence-corrected chi connectivity index (χ3v) is 8.84. The first-order chi connectivity index (χ1) is 21.6. The number of hydrogen-bond donors (Lipinski definition) is 4. The van der Waals surface area contributed by atoms with Crippen LogP contribution in [0, 0.1) is 27.7 Å². The average molecular weight is 660 g/mol. The van der Waals surface area contributed by atoms with Crippen molar-refractivity contribution in [1.29, 1.82) is 0 Å². The Morgan fingerprint density at radius 3 is 1.74 bits per heavy atom. The number of azo groups is 2. The maximum absolute atomic E-state index is 12.4. The third kappa shape index (κ3) is 6.94. The predicted octanol–water partition coefficient (Wildman–Crippen LogP) is 8.85. The summed E-state index contributed by atoms with van der Waals surface area (Å²) in [5.74, 6) is -0.483. The molecule has 0 spiro atoms. The predicted molar refractivity (Wildman–Crippen MR) is 175 cm³/mol. The van der Waals surface area contributed by atoms with Gasteiger partial charge in [-0.2, -0.15) is 27.1 Å². The highest BCUT2D eigenvalue weighted by molar-refractivity contribution is 7.86. The summed E-state index contributed by atoms with van der Waals surface area (Å²) in [5, 5.41) is 31.4. The number of aromatic hydroxyl groups is 1. The number of hydrogen-bond acceptors (Lipinski definition) is 10. The van der Waals surface area contributed by atoms with Gasteiger partial charge in [0.1, 0.15) is 21.2 Å². The molecule has 5 aromatic rings. The number of phenols is 1. The summed E-state index contributed by atoms with van der Waals surface area (Å²) in [7, 11) is -9.38. The van der Waals surface area contributed by atoms with Crippen LogP contribution in [0.4, 0.5) is 34.1 Å². The van der Waals surface area contributed by atoms with E-state index in [1.165, 1.54) is 12.1 Å². The molecule has 0 saturated heterocycles. The summed E-state index contributed by atoms with van der Waals surface area (Å²) in [6.07, 6.45) is 0. The molecule has 236 valence electrons. The molecule has 12 nitrogen and oxygen atoms in total. The average Bonchev–Trinajstić information content (AvgIpc) is 2.97. The molecule has 0 aliphatic heterocycles. The van der Waals surface area contributed by atoms with Crippen LogP contribution in [0.25, 0.3) is 10.8 Å². The molecule has 5 aromatic carbocycles. The Morgan fingerprint density at radius 1 is 0.587 bits per heavy atom. The molecule has 0 heterocycles. The summed E-state index contributed by atoms with van der Waals surface area (Å²) in [4.78, 5) is -0.983. The van der Waals surface area contributed by atoms with E-state index in [9.17, 15) is 31.0 Å². The van der Waals surface area contributed by atoms with Gasteiger partial charge in [-0.15, -0.1) is 10.2 Å². The third-order valence-electron chi connectivity index (χ3n) is 7.11. The zero-order valence-corrected chi connectivity index (χ0v) is 26.7. The first-order valence-corrected chi connectivity index (χ1v) is 16.6. The fraction of sp³-hybridized carbons (Fsp3) is 0.125. The lowest BCUT2D eigenvalue weighted by Gasteiger charge is -2.12. The Bertz CT molecular complexity index is 2290. The van der Waals surface area contributed by atoms with Gasteiger partial charge in [0.05, 0.1) is 11.4 Å². The van der Waals surface area contributed by atoms with Crippen LogP contribution in [0.3, 0.4) is 0 Å². The molecule has 0 unspecified atom stereocenters. The van der Waals surface area contributed by atoms with E-state index < -0.39 is 36.6 Å². The molecule has 0 aromatic heterocycles. The van der Waals surface area contributed by atoms with Crippen molar-refractivity contribution in [3.05, 3.63) is 101 Å². The first-order valence-electron chi connectivity index (χ1n) is 13.7. The molecule has 0 radical (unpaired) electrons. The van der Waals surface area contributed by atoms with Crippen molar-refractivity contribution in [3.63, 3.8) is 0 Å². The molecule has 0 atom stereocenters. The van der Waals surface area contributed by atoms with Crippen LogP contribution in [0.2, 0.25) is 0 Å². The molecule has 0 fully saturated rings. The number of rotatable bonds is 8. The monoisotopic (exact) mass is 659 g/mol. The highest BCUT2D eigenvalue weighted by atomic mass is 32.2. The van der Waals surface area contributed by atoms with Crippen LogP contribution in [-0.4, -0.2) is 31.0 Å². The fourth-order valence-electron chi connectivity index (χ4n) is 4.87. The maximum atomic E-state index is 12.4. The Kier molecular flexibility index (Phi) is 8.73. The van der Waals surface area contributed by atoms with E-state index in [4.69, 9.17) is 0 Å². The Morgan fingerprint density at radius 2 is 1.15 bits per heavy atom. The van der Waals surface area contributed by atoms with Gasteiger partial charge in [-0.25, -0.2) is 0 Å². The number of fused-ring (bicyclic) bond motifs is 1. The molecule has 0 aliphatic carbocycles. The van der Waals surface area contributed by atoms with E-state index in [2.05, 4.69) is 25.8 Å². The van der Waals surface area contributed by atoms with Gasteiger partial charge in [0, 0.05) is 16.8 Å². The summed E-state index contributed by atoms with van der Waals surface area (Å²) >= 11 is 0. The SMILES string of the molecule is Cc1cc(C)c(N=Nc2cc(C)c(N=Nc3c(S(=O)(=O)O)cc4cc(Nc5ccccc5)ccc4c3O)cc2C)c(S(=O)(=O)O)c1. The van der Waals surface area contributed by atoms with Crippen molar-refractivity contribution in [2.75, 3.05) is 5.32 Å². The molecular formula is C32H29N5O7S2. The van der Waals surface area contributed by atoms with Crippen molar-refractivity contribution in [1.82, 2.24) is 0 Å². The summed E-state index contributed by atoms with van der Waals surface area (Å²) in [6.45, 7) is 6.75. The van der Waals surface area contributed by atoms with Crippen LogP contribution in [0.5, 0.6) is 5.75 Å². The lowest BCUT2D eigenvalue weighted by Crippen LogP contribution is -2.00. The number of benzene rings is 5. The van der Waals surface area contributed by atoms with Gasteiger partial charge in [0.15, 0.2) is 5.75 Å². The number of nitrogens with zero attached hydrogens (tertiary/aromatic N) is 4. The summed E-state index contributed by atoms with van der Waals surface area (Å²) in [5.41, 5.74) is 3.93. The molecule has 5 rings (SSSR count). The Balaban J connectivity index is 1.51. The number of para-hydroxylation sites is 1. The van der Waals surface area contributed by atoms with Crippen LogP contribution < -0.4 is 5.32 Å². The van der Waals surface area contributed by atoms with Crippen molar-refractivity contribution in [2.24, 2.45) is 20.5 Å². The highest BCUT2D eigenvalue weighted by Crippen LogP contribution is 2.43. The standard InChI is InChI=1S/C32H29N5O7S2/c1-18-12-21(4)30(28(13-18)45(39,40)41)36-34-26-14-20(3)27(15-19(26)2)35-37-31-29(46(42,43)44)17-22-16-24(10-11-25(22)32(31)38)33-23-8-6-5-7-9-23/h5-17,33,38H,1-4H3,(H,39,40,41)(H,42,43,44). The number of nitrogens with one attached hydrogen (secondary N) is 1. The fourth-order valence-corrected chi connectivity index (χ4v) is 6.30. The van der Waals surface area contributed by atoms with Crippen molar-refractivity contribution < 1.29 is 31.0 Å². The van der Waals surface area contributed by atoms with Gasteiger partial charge in [-0.3, -0.25) is 9.11 Å². The van der Waals surface area contributed by atoms with Crippen molar-refractivity contribution in [3.8, 4) is 5.75 Å². The van der Waals surface area contributed by atoms with E-state index in [-0.39, 0.29) is 10.6 Å². The second-order valence-electron chi connectivity index (χ2n) is 10.7. The van der Waals surface area contributed by atoms with Gasteiger partial charge in [0.25, 0.3) is 20.2 Å². The van der Waals surface area contributed by atoms with Crippen LogP contribution in [-0.2, 0) is 20.2 Å². The first kappa shape index (κ1) is 32.4. The van der Waals surface area contributed by atoms with E-state index in [0.29, 0.717) is 50.1 Å². The van der Waals surface area contributed by atoms with E-state index >= 15 is 0 Å². The summed E-state index contributed by atoms with van der Waals surface area (Å²) in [6, 6.07) is 21.7. The van der Waals surface area contributed by atoms with Crippen molar-refractivity contribution in [2.45, 2.75) is 37.5 Å². The quantitative estimate of drug-likeness (QED) is 0.0937. The van der Waals surface area contributed by atoms with Gasteiger partial charge >= 0.3 is 0 Å². The molecule has 0 amide bonds. The lowest BCUT2D eigenvalue weighted by molar-refractivity contribution is 0.472. The minimum atomic E-state index is -4.82. The molecule has 0 aliphatic rings. The van der Waals surface area contributed by atoms with E-state index in [0.717, 1.165) is 5.69 Å². The zero-order chi connectivity index (χ0) is 33.4. The smallest absolute Gasteiger partial charge is 0.296 e. The van der Waals surface area contributed by atoms with Crippen LogP contribution in [0.15, 0.2) is 109 Å². The number of phenolic OH excluding ortho intramolecular Hbond substituents is 1. The molecule has 46 heavy (non-hydrogen) atoms. The normalized spacial score (nSPS) is 12.4. The van der Waals surface area contributed by atoms with Gasteiger partial charge < -0.3 is 10.4 Å². The van der Waals surface area contributed by atoms with Gasteiger partial charge in [-0.05, 0) is 110 Å². The number of anilines is 2. The molecular weight excluding hydrogens is 631 g/mol. The van der Waals surface area contributed by atoms with E-state index in [1.807, 2.05) is 30.3 Å². The Hall–Kier alpha value is -5.02. The molecule has 0 saturated carbocycles. The molecule has 4 N–H and O–H groups in total. The second-order valence-corrected chi connectivity index (χ2v) is 13.5. The topological polar surface area (TPSA) is 190 Å². The van der Waals surface area contributed by atoms with Crippen LogP contribution >= 0.6 is 0 Å². The number of aryl methyl sites for hydroxylation is 4. The van der Waals surface area contributed by atoms with E-state index in [1.54, 1.807) is 64.1 Å². The Labute approximate surface area is 265 Å². The summed E-state index contributed by atoms with van der Waals surface area (Å²) < 4.78 is 68.3. The molecule has 14 heteroatoms. The minimum absolute atomic E-state index is 0.00130. The van der Waals surface area contributed by atoms with Crippen molar-refractivity contribution >= 4 is 65.1 Å². The minimum Gasteiger partial charge on any atom is -0.505 e. The zero-order valence-electron chi connectivity index (χ0n) is 25.1. The second kappa shape index (κ2) is 12.4. The highest BCUT2D eigenvalue weighted by Gasteiger charge is 2.23. The van der Waals surface area contributed by atoms with Crippen LogP contribution in [0.1, 0.15) is 22.3 Å². The molecule has 0 bridgehead atoms. The van der Waals surface area contributed by atoms with Gasteiger partial charge in [0.2, 0.25) is 0 Å². The van der Waals surface area contributed by atoms with Gasteiger partial charge in [-0.1, -0.05) is 24.3 Å².